The summed E-state index contributed by atoms with van der Waals surface area (Å²) >= 11 is 1.41. The zero-order chi connectivity index (χ0) is 14.6. The van der Waals surface area contributed by atoms with Crippen LogP contribution >= 0.6 is 11.8 Å². The zero-order valence-corrected chi connectivity index (χ0v) is 12.8. The normalized spacial score (nSPS) is 11.3. The minimum Gasteiger partial charge on any atom is -0.351 e. The van der Waals surface area contributed by atoms with Gasteiger partial charge in [-0.05, 0) is 26.3 Å². The van der Waals surface area contributed by atoms with Gasteiger partial charge in [0.1, 0.15) is 0 Å². The molecule has 106 valence electrons. The summed E-state index contributed by atoms with van der Waals surface area (Å²) in [6.45, 7) is 5.90. The molecule has 0 aliphatic carbocycles. The van der Waals surface area contributed by atoms with Gasteiger partial charge in [-0.3, -0.25) is 4.79 Å². The molecule has 0 radical (unpaired) electrons. The van der Waals surface area contributed by atoms with Crippen LogP contribution in [-0.2, 0) is 4.79 Å². The van der Waals surface area contributed by atoms with Crippen molar-refractivity contribution >= 4 is 17.7 Å². The number of thioether (sulfide) groups is 1. The summed E-state index contributed by atoms with van der Waals surface area (Å²) < 4.78 is 0. The van der Waals surface area contributed by atoms with E-state index in [2.05, 4.69) is 15.3 Å². The Balaban J connectivity index is 1.92. The maximum atomic E-state index is 11.7. The topological polar surface area (TPSA) is 57.8 Å². The molecule has 1 heterocycles. The van der Waals surface area contributed by atoms with Crippen LogP contribution in [0.25, 0.3) is 11.3 Å². The lowest BCUT2D eigenvalue weighted by molar-refractivity contribution is -0.119. The summed E-state index contributed by atoms with van der Waals surface area (Å²) in [4.78, 5) is 19.2. The Morgan fingerprint density at radius 3 is 2.65 bits per heavy atom. The van der Waals surface area contributed by atoms with Crippen molar-refractivity contribution in [3.05, 3.63) is 36.5 Å². The van der Waals surface area contributed by atoms with Gasteiger partial charge < -0.3 is 10.3 Å². The van der Waals surface area contributed by atoms with Crippen LogP contribution in [0.1, 0.15) is 20.8 Å². The number of imidazole rings is 1. The SMILES string of the molecule is CC(C)(C)NC(=O)CSc1ncc(-c2ccccc2)[nH]1. The first kappa shape index (κ1) is 14.7. The average molecular weight is 289 g/mol. The Kier molecular flexibility index (Phi) is 4.49. The number of aromatic amines is 1. The highest BCUT2D eigenvalue weighted by Gasteiger charge is 2.14. The zero-order valence-electron chi connectivity index (χ0n) is 11.9. The maximum Gasteiger partial charge on any atom is 0.230 e. The van der Waals surface area contributed by atoms with Gasteiger partial charge in [0, 0.05) is 5.54 Å². The van der Waals surface area contributed by atoms with Crippen LogP contribution in [0.4, 0.5) is 0 Å². The van der Waals surface area contributed by atoms with Crippen molar-refractivity contribution in [2.45, 2.75) is 31.5 Å². The number of nitrogens with one attached hydrogen (secondary N) is 2. The van der Waals surface area contributed by atoms with E-state index in [1.807, 2.05) is 51.1 Å². The van der Waals surface area contributed by atoms with Gasteiger partial charge in [-0.2, -0.15) is 0 Å². The lowest BCUT2D eigenvalue weighted by Crippen LogP contribution is -2.41. The number of hydrogen-bond donors (Lipinski definition) is 2. The van der Waals surface area contributed by atoms with Crippen molar-refractivity contribution in [2.24, 2.45) is 0 Å². The largest absolute Gasteiger partial charge is 0.351 e. The van der Waals surface area contributed by atoms with E-state index >= 15 is 0 Å². The number of benzene rings is 1. The number of amides is 1. The summed E-state index contributed by atoms with van der Waals surface area (Å²) in [6, 6.07) is 9.99. The van der Waals surface area contributed by atoms with E-state index in [1.165, 1.54) is 11.8 Å². The second kappa shape index (κ2) is 6.13. The van der Waals surface area contributed by atoms with Gasteiger partial charge in [-0.25, -0.2) is 4.98 Å². The molecule has 0 aliphatic rings. The quantitative estimate of drug-likeness (QED) is 0.850. The van der Waals surface area contributed by atoms with Crippen molar-refractivity contribution < 1.29 is 4.79 Å². The van der Waals surface area contributed by atoms with Crippen LogP contribution in [0.5, 0.6) is 0 Å². The van der Waals surface area contributed by atoms with E-state index in [0.29, 0.717) is 5.75 Å². The Morgan fingerprint density at radius 2 is 2.00 bits per heavy atom. The molecule has 0 aliphatic heterocycles. The lowest BCUT2D eigenvalue weighted by Gasteiger charge is -2.20. The van der Waals surface area contributed by atoms with Crippen molar-refractivity contribution in [3.8, 4) is 11.3 Å². The first-order valence-electron chi connectivity index (χ1n) is 6.48. The highest BCUT2D eigenvalue weighted by molar-refractivity contribution is 7.99. The monoisotopic (exact) mass is 289 g/mol. The van der Waals surface area contributed by atoms with Gasteiger partial charge in [-0.15, -0.1) is 0 Å². The first-order chi connectivity index (χ1) is 9.44. The fourth-order valence-electron chi connectivity index (χ4n) is 1.73. The Bertz CT molecular complexity index is 572. The molecular weight excluding hydrogens is 270 g/mol. The molecule has 0 unspecified atom stereocenters. The molecule has 4 nitrogen and oxygen atoms in total. The highest BCUT2D eigenvalue weighted by Crippen LogP contribution is 2.21. The first-order valence-corrected chi connectivity index (χ1v) is 7.47. The standard InChI is InChI=1S/C15H19N3OS/c1-15(2,3)18-13(19)10-20-14-16-9-12(17-14)11-7-5-4-6-8-11/h4-9H,10H2,1-3H3,(H,16,17)(H,18,19). The summed E-state index contributed by atoms with van der Waals surface area (Å²) in [5.41, 5.74) is 1.85. The van der Waals surface area contributed by atoms with Crippen LogP contribution in [0, 0.1) is 0 Å². The van der Waals surface area contributed by atoms with Gasteiger partial charge in [0.05, 0.1) is 17.6 Å². The minimum atomic E-state index is -0.198. The molecule has 2 rings (SSSR count). The molecule has 1 aromatic carbocycles. The van der Waals surface area contributed by atoms with E-state index in [-0.39, 0.29) is 11.4 Å². The molecule has 0 saturated carbocycles. The number of hydrogen-bond acceptors (Lipinski definition) is 3. The van der Waals surface area contributed by atoms with Crippen molar-refractivity contribution in [3.63, 3.8) is 0 Å². The molecule has 1 amide bonds. The molecule has 20 heavy (non-hydrogen) atoms. The third kappa shape index (κ3) is 4.42. The van der Waals surface area contributed by atoms with E-state index in [9.17, 15) is 4.79 Å². The summed E-state index contributed by atoms with van der Waals surface area (Å²) in [6.07, 6.45) is 1.79. The molecule has 2 aromatic rings. The molecule has 0 atom stereocenters. The van der Waals surface area contributed by atoms with Crippen molar-refractivity contribution in [1.29, 1.82) is 0 Å². The second-order valence-electron chi connectivity index (χ2n) is 5.55. The van der Waals surface area contributed by atoms with Gasteiger partial charge in [0.25, 0.3) is 0 Å². The number of rotatable bonds is 4. The Morgan fingerprint density at radius 1 is 1.30 bits per heavy atom. The third-order valence-electron chi connectivity index (χ3n) is 2.49. The van der Waals surface area contributed by atoms with E-state index in [4.69, 9.17) is 0 Å². The summed E-state index contributed by atoms with van der Waals surface area (Å²) in [5, 5.41) is 3.68. The molecule has 0 bridgehead atoms. The number of carbonyl (C=O) groups is 1. The average Bonchev–Trinajstić information content (AvgIpc) is 2.84. The smallest absolute Gasteiger partial charge is 0.230 e. The van der Waals surface area contributed by atoms with Crippen LogP contribution < -0.4 is 5.32 Å². The van der Waals surface area contributed by atoms with E-state index in [1.54, 1.807) is 6.20 Å². The van der Waals surface area contributed by atoms with Crippen molar-refractivity contribution in [2.75, 3.05) is 5.75 Å². The molecular formula is C15H19N3OS. The predicted molar refractivity (Wildman–Crippen MR) is 82.6 cm³/mol. The Hall–Kier alpha value is -1.75. The van der Waals surface area contributed by atoms with Gasteiger partial charge in [-0.1, -0.05) is 42.1 Å². The number of aromatic nitrogens is 2. The minimum absolute atomic E-state index is 0.0140. The maximum absolute atomic E-state index is 11.7. The van der Waals surface area contributed by atoms with E-state index in [0.717, 1.165) is 16.4 Å². The molecule has 5 heteroatoms. The molecule has 0 spiro atoms. The van der Waals surface area contributed by atoms with Gasteiger partial charge >= 0.3 is 0 Å². The van der Waals surface area contributed by atoms with Crippen LogP contribution in [-0.4, -0.2) is 27.2 Å². The lowest BCUT2D eigenvalue weighted by atomic mass is 10.1. The van der Waals surface area contributed by atoms with Crippen LogP contribution in [0.2, 0.25) is 0 Å². The fourth-order valence-corrected chi connectivity index (χ4v) is 2.38. The summed E-state index contributed by atoms with van der Waals surface area (Å²) in [7, 11) is 0. The molecule has 2 N–H and O–H groups in total. The van der Waals surface area contributed by atoms with Crippen LogP contribution in [0.3, 0.4) is 0 Å². The van der Waals surface area contributed by atoms with E-state index < -0.39 is 0 Å². The number of H-pyrrole nitrogens is 1. The molecule has 0 saturated heterocycles. The summed E-state index contributed by atoms with van der Waals surface area (Å²) in [5.74, 6) is 0.374. The molecule has 1 aromatic heterocycles. The Labute approximate surface area is 123 Å². The predicted octanol–water partition coefficient (Wildman–Crippen LogP) is 3.08. The second-order valence-corrected chi connectivity index (χ2v) is 6.52. The molecule has 0 fully saturated rings. The highest BCUT2D eigenvalue weighted by atomic mass is 32.2. The third-order valence-corrected chi connectivity index (χ3v) is 3.38. The van der Waals surface area contributed by atoms with Gasteiger partial charge in [0.15, 0.2) is 5.16 Å². The van der Waals surface area contributed by atoms with Crippen molar-refractivity contribution in [1.82, 2.24) is 15.3 Å². The van der Waals surface area contributed by atoms with Crippen LogP contribution in [0.15, 0.2) is 41.7 Å². The fraction of sp³-hybridized carbons (Fsp3) is 0.333. The number of carbonyl (C=O) groups excluding carboxylic acids is 1. The number of nitrogens with zero attached hydrogens (tertiary/aromatic N) is 1. The van der Waals surface area contributed by atoms with Gasteiger partial charge in [0.2, 0.25) is 5.91 Å².